The van der Waals surface area contributed by atoms with Crippen molar-refractivity contribution in [1.29, 1.82) is 0 Å². The van der Waals surface area contributed by atoms with E-state index in [4.69, 9.17) is 0 Å². The van der Waals surface area contributed by atoms with Gasteiger partial charge in [0.05, 0.1) is 6.42 Å². The van der Waals surface area contributed by atoms with Gasteiger partial charge >= 0.3 is 0 Å². The van der Waals surface area contributed by atoms with Crippen LogP contribution in [0, 0.1) is 11.6 Å². The quantitative estimate of drug-likeness (QED) is 0.893. The van der Waals surface area contributed by atoms with E-state index in [9.17, 15) is 13.6 Å². The van der Waals surface area contributed by atoms with E-state index in [1.54, 1.807) is 30.3 Å². The molecule has 1 N–H and O–H groups in total. The summed E-state index contributed by atoms with van der Waals surface area (Å²) >= 11 is 0. The number of carbonyl (C=O) groups is 1. The van der Waals surface area contributed by atoms with E-state index in [1.165, 1.54) is 18.2 Å². The van der Waals surface area contributed by atoms with Crippen LogP contribution in [0.3, 0.4) is 0 Å². The van der Waals surface area contributed by atoms with E-state index in [1.807, 2.05) is 0 Å². The first-order chi connectivity index (χ1) is 9.65. The topological polar surface area (TPSA) is 29.1 Å². The molecule has 0 fully saturated rings. The standard InChI is InChI=1S/C16H15F2NO/c17-14-7-5-12(6-8-14)11-16(20)19-10-9-13-3-1-2-4-15(13)18/h1-8H,9-11H2,(H,19,20). The van der Waals surface area contributed by atoms with Crippen LogP contribution in [0.15, 0.2) is 48.5 Å². The van der Waals surface area contributed by atoms with E-state index >= 15 is 0 Å². The minimum absolute atomic E-state index is 0.159. The molecule has 0 unspecified atom stereocenters. The van der Waals surface area contributed by atoms with E-state index in [2.05, 4.69) is 5.32 Å². The monoisotopic (exact) mass is 275 g/mol. The highest BCUT2D eigenvalue weighted by Gasteiger charge is 2.04. The molecule has 0 bridgehead atoms. The fourth-order valence-corrected chi connectivity index (χ4v) is 1.89. The van der Waals surface area contributed by atoms with Crippen LogP contribution in [0.2, 0.25) is 0 Å². The first-order valence-corrected chi connectivity index (χ1v) is 6.40. The Morgan fingerprint density at radius 2 is 1.70 bits per heavy atom. The van der Waals surface area contributed by atoms with E-state index in [-0.39, 0.29) is 24.0 Å². The van der Waals surface area contributed by atoms with Crippen molar-refractivity contribution in [3.63, 3.8) is 0 Å². The summed E-state index contributed by atoms with van der Waals surface area (Å²) in [7, 11) is 0. The van der Waals surface area contributed by atoms with Gasteiger partial charge in [-0.2, -0.15) is 0 Å². The van der Waals surface area contributed by atoms with Crippen molar-refractivity contribution >= 4 is 5.91 Å². The lowest BCUT2D eigenvalue weighted by Crippen LogP contribution is -2.27. The fraction of sp³-hybridized carbons (Fsp3) is 0.188. The lowest BCUT2D eigenvalue weighted by atomic mass is 10.1. The molecule has 0 aromatic heterocycles. The molecule has 0 spiro atoms. The molecule has 0 saturated heterocycles. The van der Waals surface area contributed by atoms with Crippen molar-refractivity contribution < 1.29 is 13.6 Å². The van der Waals surface area contributed by atoms with Gasteiger partial charge in [0.15, 0.2) is 0 Å². The van der Waals surface area contributed by atoms with Crippen molar-refractivity contribution in [1.82, 2.24) is 5.32 Å². The fourth-order valence-electron chi connectivity index (χ4n) is 1.89. The molecule has 0 aliphatic heterocycles. The number of nitrogens with one attached hydrogen (secondary N) is 1. The van der Waals surface area contributed by atoms with E-state index in [0.29, 0.717) is 18.5 Å². The minimum Gasteiger partial charge on any atom is -0.355 e. The second-order valence-corrected chi connectivity index (χ2v) is 4.49. The molecule has 2 nitrogen and oxygen atoms in total. The molecule has 0 saturated carbocycles. The summed E-state index contributed by atoms with van der Waals surface area (Å²) in [4.78, 5) is 11.7. The van der Waals surface area contributed by atoms with Crippen LogP contribution < -0.4 is 5.32 Å². The van der Waals surface area contributed by atoms with Gasteiger partial charge in [-0.15, -0.1) is 0 Å². The number of hydrogen-bond acceptors (Lipinski definition) is 1. The highest BCUT2D eigenvalue weighted by atomic mass is 19.1. The summed E-state index contributed by atoms with van der Waals surface area (Å²) in [6.45, 7) is 0.376. The lowest BCUT2D eigenvalue weighted by molar-refractivity contribution is -0.120. The maximum atomic E-state index is 13.4. The zero-order valence-corrected chi connectivity index (χ0v) is 10.9. The Kier molecular flexibility index (Phi) is 4.82. The largest absolute Gasteiger partial charge is 0.355 e. The van der Waals surface area contributed by atoms with Gasteiger partial charge in [-0.3, -0.25) is 4.79 Å². The number of hydrogen-bond donors (Lipinski definition) is 1. The summed E-state index contributed by atoms with van der Waals surface area (Å²) in [6.07, 6.45) is 0.638. The number of benzene rings is 2. The van der Waals surface area contributed by atoms with Crippen LogP contribution in [0.5, 0.6) is 0 Å². The van der Waals surface area contributed by atoms with Crippen LogP contribution in [-0.4, -0.2) is 12.5 Å². The van der Waals surface area contributed by atoms with Gasteiger partial charge in [0, 0.05) is 6.54 Å². The first-order valence-electron chi connectivity index (χ1n) is 6.40. The average Bonchev–Trinajstić information content (AvgIpc) is 2.43. The SMILES string of the molecule is O=C(Cc1ccc(F)cc1)NCCc1ccccc1F. The molecule has 0 atom stereocenters. The van der Waals surface area contributed by atoms with Gasteiger partial charge in [0.2, 0.25) is 5.91 Å². The van der Waals surface area contributed by atoms with Crippen molar-refractivity contribution in [2.45, 2.75) is 12.8 Å². The van der Waals surface area contributed by atoms with E-state index in [0.717, 1.165) is 5.56 Å². The second-order valence-electron chi connectivity index (χ2n) is 4.49. The average molecular weight is 275 g/mol. The van der Waals surface area contributed by atoms with Gasteiger partial charge in [0.1, 0.15) is 11.6 Å². The number of rotatable bonds is 5. The zero-order valence-electron chi connectivity index (χ0n) is 10.9. The Bertz CT molecular complexity index is 581. The summed E-state index contributed by atoms with van der Waals surface area (Å²) in [5.74, 6) is -0.748. The van der Waals surface area contributed by atoms with Gasteiger partial charge in [-0.05, 0) is 35.7 Å². The van der Waals surface area contributed by atoms with Gasteiger partial charge in [-0.1, -0.05) is 30.3 Å². The summed E-state index contributed by atoms with van der Waals surface area (Å²) in [6, 6.07) is 12.3. The summed E-state index contributed by atoms with van der Waals surface area (Å²) in [5, 5.41) is 2.72. The predicted octanol–water partition coefficient (Wildman–Crippen LogP) is 2.87. The van der Waals surface area contributed by atoms with E-state index < -0.39 is 0 Å². The molecule has 1 amide bonds. The molecular formula is C16H15F2NO. The molecule has 0 heterocycles. The van der Waals surface area contributed by atoms with Crippen molar-refractivity contribution in [2.24, 2.45) is 0 Å². The molecule has 0 radical (unpaired) electrons. The van der Waals surface area contributed by atoms with Crippen molar-refractivity contribution in [2.75, 3.05) is 6.54 Å². The third-order valence-corrected chi connectivity index (χ3v) is 2.95. The van der Waals surface area contributed by atoms with Gasteiger partial charge in [-0.25, -0.2) is 8.78 Å². The van der Waals surface area contributed by atoms with Gasteiger partial charge < -0.3 is 5.32 Å². The summed E-state index contributed by atoms with van der Waals surface area (Å²) < 4.78 is 26.1. The number of carbonyl (C=O) groups excluding carboxylic acids is 1. The van der Waals surface area contributed by atoms with Crippen LogP contribution in [0.25, 0.3) is 0 Å². The molecule has 2 aromatic carbocycles. The highest BCUT2D eigenvalue weighted by Crippen LogP contribution is 2.06. The maximum absolute atomic E-state index is 13.4. The van der Waals surface area contributed by atoms with Crippen LogP contribution >= 0.6 is 0 Å². The normalized spacial score (nSPS) is 10.3. The van der Waals surface area contributed by atoms with Crippen molar-refractivity contribution in [3.8, 4) is 0 Å². The molecule has 104 valence electrons. The number of amides is 1. The Hall–Kier alpha value is -2.23. The molecule has 4 heteroatoms. The van der Waals surface area contributed by atoms with Crippen LogP contribution in [-0.2, 0) is 17.6 Å². The third-order valence-electron chi connectivity index (χ3n) is 2.95. The van der Waals surface area contributed by atoms with Gasteiger partial charge in [0.25, 0.3) is 0 Å². The Morgan fingerprint density at radius 3 is 2.40 bits per heavy atom. The predicted molar refractivity (Wildman–Crippen MR) is 73.2 cm³/mol. The van der Waals surface area contributed by atoms with Crippen molar-refractivity contribution in [3.05, 3.63) is 71.3 Å². The first kappa shape index (κ1) is 14.2. The Balaban J connectivity index is 1.78. The Morgan fingerprint density at radius 1 is 1.00 bits per heavy atom. The summed E-state index contributed by atoms with van der Waals surface area (Å²) in [5.41, 5.74) is 1.32. The molecule has 0 aliphatic rings. The van der Waals surface area contributed by atoms with Crippen LogP contribution in [0.4, 0.5) is 8.78 Å². The second kappa shape index (κ2) is 6.80. The molecule has 2 aromatic rings. The minimum atomic E-state index is -0.325. The lowest BCUT2D eigenvalue weighted by Gasteiger charge is -2.06. The molecule has 20 heavy (non-hydrogen) atoms. The number of halogens is 2. The highest BCUT2D eigenvalue weighted by molar-refractivity contribution is 5.78. The smallest absolute Gasteiger partial charge is 0.224 e. The molecule has 0 aliphatic carbocycles. The Labute approximate surface area is 116 Å². The maximum Gasteiger partial charge on any atom is 0.224 e. The molecule has 2 rings (SSSR count). The third kappa shape index (κ3) is 4.16. The van der Waals surface area contributed by atoms with Crippen LogP contribution in [0.1, 0.15) is 11.1 Å². The molecular weight excluding hydrogens is 260 g/mol. The zero-order chi connectivity index (χ0) is 14.4.